The van der Waals surface area contributed by atoms with Gasteiger partial charge >= 0.3 is 0 Å². The molecule has 0 aromatic heterocycles. The first-order valence-corrected chi connectivity index (χ1v) is 10.6. The summed E-state index contributed by atoms with van der Waals surface area (Å²) in [7, 11) is 4.09. The molecule has 1 fully saturated rings. The molecule has 1 aromatic carbocycles. The van der Waals surface area contributed by atoms with Gasteiger partial charge in [0.25, 0.3) is 0 Å². The Labute approximate surface area is 199 Å². The molecule has 2 rings (SSSR count). The van der Waals surface area contributed by atoms with Crippen LogP contribution in [0.15, 0.2) is 29.3 Å². The van der Waals surface area contributed by atoms with Gasteiger partial charge in [-0.25, -0.2) is 4.99 Å². The lowest BCUT2D eigenvalue weighted by molar-refractivity contribution is -0.00834. The van der Waals surface area contributed by atoms with Gasteiger partial charge in [0.05, 0.1) is 19.8 Å². The molecule has 1 aromatic rings. The van der Waals surface area contributed by atoms with Crippen LogP contribution >= 0.6 is 24.0 Å². The number of ether oxygens (including phenoxy) is 2. The van der Waals surface area contributed by atoms with Crippen LogP contribution in [0.5, 0.6) is 5.75 Å². The quantitative estimate of drug-likeness (QED) is 0.274. The van der Waals surface area contributed by atoms with E-state index in [0.29, 0.717) is 13.2 Å². The van der Waals surface area contributed by atoms with Crippen LogP contribution < -0.4 is 15.4 Å². The Morgan fingerprint density at radius 2 is 1.97 bits per heavy atom. The van der Waals surface area contributed by atoms with E-state index in [1.165, 1.54) is 0 Å². The van der Waals surface area contributed by atoms with E-state index in [-0.39, 0.29) is 29.5 Å². The topological polar surface area (TPSA) is 61.4 Å². The van der Waals surface area contributed by atoms with Crippen molar-refractivity contribution in [1.82, 2.24) is 20.4 Å². The number of morpholine rings is 1. The second kappa shape index (κ2) is 14.1. The van der Waals surface area contributed by atoms with Gasteiger partial charge < -0.3 is 25.0 Å². The molecular formula is C22H40IN5O2. The van der Waals surface area contributed by atoms with Gasteiger partial charge in [-0.1, -0.05) is 12.1 Å². The van der Waals surface area contributed by atoms with Crippen LogP contribution in [-0.2, 0) is 11.3 Å². The second-order valence-electron chi connectivity index (χ2n) is 8.26. The Bertz CT molecular complexity index is 634. The first-order chi connectivity index (χ1) is 13.9. The molecule has 2 N–H and O–H groups in total. The number of guanidine groups is 1. The highest BCUT2D eigenvalue weighted by molar-refractivity contribution is 14.0. The fourth-order valence-corrected chi connectivity index (χ4v) is 3.17. The Kier molecular flexibility index (Phi) is 12.6. The van der Waals surface area contributed by atoms with Crippen LogP contribution in [-0.4, -0.2) is 87.9 Å². The summed E-state index contributed by atoms with van der Waals surface area (Å²) in [6.07, 6.45) is 0. The van der Waals surface area contributed by atoms with Crippen LogP contribution in [0.4, 0.5) is 0 Å². The minimum absolute atomic E-state index is 0. The number of nitrogens with zero attached hydrogens (tertiary/aromatic N) is 3. The molecule has 172 valence electrons. The summed E-state index contributed by atoms with van der Waals surface area (Å²) in [6.45, 7) is 14.0. The number of aliphatic imine (C=N–C) groups is 1. The lowest BCUT2D eigenvalue weighted by Crippen LogP contribution is -2.56. The van der Waals surface area contributed by atoms with Gasteiger partial charge in [-0.3, -0.25) is 4.90 Å². The summed E-state index contributed by atoms with van der Waals surface area (Å²) in [5.74, 6) is 1.73. The van der Waals surface area contributed by atoms with Crippen molar-refractivity contribution in [2.24, 2.45) is 4.99 Å². The van der Waals surface area contributed by atoms with Crippen molar-refractivity contribution in [3.63, 3.8) is 0 Å². The first-order valence-electron chi connectivity index (χ1n) is 10.6. The first kappa shape index (κ1) is 26.9. The molecule has 1 heterocycles. The van der Waals surface area contributed by atoms with Crippen molar-refractivity contribution in [1.29, 1.82) is 0 Å². The van der Waals surface area contributed by atoms with E-state index >= 15 is 0 Å². The fourth-order valence-electron chi connectivity index (χ4n) is 3.17. The normalized spacial score (nSPS) is 15.6. The zero-order chi connectivity index (χ0) is 21.1. The van der Waals surface area contributed by atoms with Crippen molar-refractivity contribution in [2.45, 2.75) is 32.9 Å². The predicted molar refractivity (Wildman–Crippen MR) is 135 cm³/mol. The van der Waals surface area contributed by atoms with Crippen molar-refractivity contribution >= 4 is 29.9 Å². The summed E-state index contributed by atoms with van der Waals surface area (Å²) in [4.78, 5) is 9.35. The van der Waals surface area contributed by atoms with E-state index in [4.69, 9.17) is 14.5 Å². The fraction of sp³-hybridized carbons (Fsp3) is 0.682. The van der Waals surface area contributed by atoms with Crippen LogP contribution in [0.1, 0.15) is 26.3 Å². The van der Waals surface area contributed by atoms with Crippen LogP contribution in [0.3, 0.4) is 0 Å². The van der Waals surface area contributed by atoms with Gasteiger partial charge in [0.15, 0.2) is 5.96 Å². The van der Waals surface area contributed by atoms with E-state index < -0.39 is 0 Å². The molecule has 30 heavy (non-hydrogen) atoms. The average molecular weight is 533 g/mol. The molecule has 0 spiro atoms. The maximum absolute atomic E-state index is 5.83. The van der Waals surface area contributed by atoms with E-state index in [2.05, 4.69) is 53.3 Å². The highest BCUT2D eigenvalue weighted by Crippen LogP contribution is 2.16. The van der Waals surface area contributed by atoms with Crippen LogP contribution in [0.2, 0.25) is 0 Å². The molecule has 7 nitrogen and oxygen atoms in total. The number of halogens is 1. The molecule has 0 aliphatic carbocycles. The lowest BCUT2D eigenvalue weighted by Gasteiger charge is -2.41. The van der Waals surface area contributed by atoms with Gasteiger partial charge in [-0.2, -0.15) is 0 Å². The maximum atomic E-state index is 5.83. The third-order valence-electron chi connectivity index (χ3n) is 5.03. The third-order valence-corrected chi connectivity index (χ3v) is 5.03. The smallest absolute Gasteiger partial charge is 0.191 e. The Hall–Kier alpha value is -1.10. The molecule has 0 saturated carbocycles. The molecule has 0 radical (unpaired) electrons. The predicted octanol–water partition coefficient (Wildman–Crippen LogP) is 2.41. The highest BCUT2D eigenvalue weighted by atomic mass is 127. The van der Waals surface area contributed by atoms with Gasteiger partial charge in [0.2, 0.25) is 0 Å². The largest absolute Gasteiger partial charge is 0.492 e. The zero-order valence-electron chi connectivity index (χ0n) is 19.2. The Morgan fingerprint density at radius 3 is 2.63 bits per heavy atom. The molecule has 8 heteroatoms. The maximum Gasteiger partial charge on any atom is 0.191 e. The van der Waals surface area contributed by atoms with E-state index in [9.17, 15) is 0 Å². The summed E-state index contributed by atoms with van der Waals surface area (Å²) in [6, 6.07) is 8.18. The van der Waals surface area contributed by atoms with Gasteiger partial charge in [-0.05, 0) is 52.6 Å². The van der Waals surface area contributed by atoms with Gasteiger partial charge in [-0.15, -0.1) is 24.0 Å². The third kappa shape index (κ3) is 9.80. The van der Waals surface area contributed by atoms with Crippen LogP contribution in [0.25, 0.3) is 0 Å². The van der Waals surface area contributed by atoms with Gasteiger partial charge in [0.1, 0.15) is 12.4 Å². The summed E-state index contributed by atoms with van der Waals surface area (Å²) >= 11 is 0. The van der Waals surface area contributed by atoms with Gasteiger partial charge in [0, 0.05) is 38.3 Å². The van der Waals surface area contributed by atoms with Crippen molar-refractivity contribution < 1.29 is 9.47 Å². The molecule has 1 aliphatic heterocycles. The van der Waals surface area contributed by atoms with E-state index in [1.807, 2.05) is 26.2 Å². The average Bonchev–Trinajstić information content (AvgIpc) is 2.71. The highest BCUT2D eigenvalue weighted by Gasteiger charge is 2.28. The molecule has 0 atom stereocenters. The molecule has 0 unspecified atom stereocenters. The minimum atomic E-state index is 0. The number of nitrogens with one attached hydrogen (secondary N) is 2. The minimum Gasteiger partial charge on any atom is -0.492 e. The van der Waals surface area contributed by atoms with Crippen molar-refractivity contribution in [3.05, 3.63) is 29.8 Å². The Morgan fingerprint density at radius 1 is 1.23 bits per heavy atom. The second-order valence-corrected chi connectivity index (χ2v) is 8.26. The Balaban J connectivity index is 0.00000450. The van der Waals surface area contributed by atoms with Crippen LogP contribution in [0, 0.1) is 0 Å². The lowest BCUT2D eigenvalue weighted by atomic mass is 10.0. The van der Waals surface area contributed by atoms with E-state index in [1.54, 1.807) is 0 Å². The molecule has 0 amide bonds. The standard InChI is InChI=1S/C22H39N5O2.HI/c1-6-23-21(25-18-22(2,3)27-11-13-28-14-12-27)24-17-19-8-7-9-20(16-19)29-15-10-26(4)5;/h7-9,16H,6,10-15,17-18H2,1-5H3,(H2,23,24,25);1H. The zero-order valence-corrected chi connectivity index (χ0v) is 21.6. The van der Waals surface area contributed by atoms with E-state index in [0.717, 1.165) is 63.2 Å². The number of hydrogen-bond donors (Lipinski definition) is 2. The summed E-state index contributed by atoms with van der Waals surface area (Å²) < 4.78 is 11.3. The monoisotopic (exact) mass is 533 g/mol. The number of likely N-dealkylation sites (N-methyl/N-ethyl adjacent to an activating group) is 1. The number of benzene rings is 1. The summed E-state index contributed by atoms with van der Waals surface area (Å²) in [5.41, 5.74) is 1.18. The molecular weight excluding hydrogens is 493 g/mol. The molecule has 0 bridgehead atoms. The van der Waals surface area contributed by atoms with Crippen molar-refractivity contribution in [2.75, 3.05) is 66.6 Å². The SMILES string of the molecule is CCNC(=NCc1cccc(OCCN(C)C)c1)NCC(C)(C)N1CCOCC1.I. The molecule has 1 saturated heterocycles. The van der Waals surface area contributed by atoms with Crippen molar-refractivity contribution in [3.8, 4) is 5.75 Å². The number of hydrogen-bond acceptors (Lipinski definition) is 5. The summed E-state index contributed by atoms with van der Waals surface area (Å²) in [5, 5.41) is 6.86. The number of rotatable bonds is 10. The molecule has 1 aliphatic rings.